The molecule has 1 aromatic rings. The lowest BCUT2D eigenvalue weighted by molar-refractivity contribution is 0.390. The fraction of sp³-hybridized carbons (Fsp3) is 0.235. The Morgan fingerprint density at radius 3 is 2.62 bits per heavy atom. The molecule has 0 amide bonds. The van der Waals surface area contributed by atoms with Crippen molar-refractivity contribution in [3.05, 3.63) is 70.4 Å². The number of ether oxygens (including phenoxy) is 1. The first kappa shape index (κ1) is 13.3. The molecular weight excluding hydrogens is 305 g/mol. The van der Waals surface area contributed by atoms with Gasteiger partial charge >= 0.3 is 0 Å². The number of aliphatic imine (C=N–C) groups is 1. The number of nitrogens with zero attached hydrogens (tertiary/aromatic N) is 1. The second-order valence-electron chi connectivity index (χ2n) is 5.38. The third-order valence-corrected chi connectivity index (χ3v) is 4.41. The van der Waals surface area contributed by atoms with E-state index in [4.69, 9.17) is 32.9 Å². The molecule has 4 rings (SSSR count). The zero-order valence-electron chi connectivity index (χ0n) is 11.2. The van der Waals surface area contributed by atoms with Gasteiger partial charge in [0.2, 0.25) is 0 Å². The highest BCUT2D eigenvalue weighted by molar-refractivity contribution is 6.30. The molecule has 0 aromatic heterocycles. The number of dihydropyridines is 1. The topological polar surface area (TPSA) is 24.9 Å². The molecular formula is C17H13Cl2NO. The van der Waals surface area contributed by atoms with Crippen LogP contribution in [0.1, 0.15) is 5.56 Å². The molecule has 106 valence electrons. The summed E-state index contributed by atoms with van der Waals surface area (Å²) in [7, 11) is 0. The van der Waals surface area contributed by atoms with Crippen LogP contribution in [-0.4, -0.2) is 23.8 Å². The van der Waals surface area contributed by atoms with Crippen LogP contribution < -0.4 is 0 Å². The summed E-state index contributed by atoms with van der Waals surface area (Å²) in [6, 6.07) is 7.80. The molecule has 0 saturated carbocycles. The molecule has 3 atom stereocenters. The Morgan fingerprint density at radius 1 is 1.14 bits per heavy atom. The number of hydrogen-bond donors (Lipinski definition) is 0. The molecule has 2 heterocycles. The van der Waals surface area contributed by atoms with E-state index in [0.29, 0.717) is 0 Å². The zero-order chi connectivity index (χ0) is 14.4. The summed E-state index contributed by atoms with van der Waals surface area (Å²) in [5.74, 6) is 0.190. The maximum atomic E-state index is 6.16. The number of hydrogen-bond acceptors (Lipinski definition) is 2. The van der Waals surface area contributed by atoms with Crippen molar-refractivity contribution in [2.75, 3.05) is 6.61 Å². The summed E-state index contributed by atoms with van der Waals surface area (Å²) in [5.41, 5.74) is 4.18. The average Bonchev–Trinajstić information content (AvgIpc) is 3.31. The van der Waals surface area contributed by atoms with Crippen LogP contribution in [0.5, 0.6) is 0 Å². The van der Waals surface area contributed by atoms with E-state index >= 15 is 0 Å². The van der Waals surface area contributed by atoms with Gasteiger partial charge < -0.3 is 4.74 Å². The predicted octanol–water partition coefficient (Wildman–Crippen LogP) is 4.15. The Morgan fingerprint density at radius 2 is 1.90 bits per heavy atom. The minimum absolute atomic E-state index is 0.0962. The fourth-order valence-electron chi connectivity index (χ4n) is 2.73. The Hall–Kier alpha value is -1.35. The van der Waals surface area contributed by atoms with Gasteiger partial charge in [-0.25, -0.2) is 0 Å². The van der Waals surface area contributed by atoms with Gasteiger partial charge in [-0.15, -0.1) is 11.6 Å². The first-order valence-electron chi connectivity index (χ1n) is 6.93. The van der Waals surface area contributed by atoms with E-state index in [1.807, 2.05) is 42.5 Å². The van der Waals surface area contributed by atoms with Crippen molar-refractivity contribution in [3.8, 4) is 0 Å². The van der Waals surface area contributed by atoms with Crippen LogP contribution in [0.15, 0.2) is 64.8 Å². The Bertz CT molecular complexity index is 696. The predicted molar refractivity (Wildman–Crippen MR) is 86.2 cm³/mol. The molecule has 0 N–H and O–H groups in total. The van der Waals surface area contributed by atoms with Gasteiger partial charge in [-0.05, 0) is 29.3 Å². The molecule has 3 aliphatic rings. The molecule has 1 aromatic carbocycles. The highest BCUT2D eigenvalue weighted by Gasteiger charge is 2.37. The minimum atomic E-state index is -0.0962. The summed E-state index contributed by atoms with van der Waals surface area (Å²) in [6.07, 6.45) is 8.47. The lowest BCUT2D eigenvalue weighted by Crippen LogP contribution is -2.24. The number of alkyl halides is 1. The van der Waals surface area contributed by atoms with Crippen molar-refractivity contribution in [3.63, 3.8) is 0 Å². The monoisotopic (exact) mass is 317 g/mol. The maximum absolute atomic E-state index is 6.16. The average molecular weight is 318 g/mol. The fourth-order valence-corrected chi connectivity index (χ4v) is 3.05. The maximum Gasteiger partial charge on any atom is 0.0928 e. The molecule has 0 spiro atoms. The van der Waals surface area contributed by atoms with E-state index in [9.17, 15) is 0 Å². The molecule has 1 fully saturated rings. The minimum Gasteiger partial charge on any atom is -0.372 e. The second kappa shape index (κ2) is 5.13. The van der Waals surface area contributed by atoms with Crippen molar-refractivity contribution < 1.29 is 4.74 Å². The van der Waals surface area contributed by atoms with E-state index < -0.39 is 0 Å². The number of allylic oxidation sites excluding steroid dienone is 3. The van der Waals surface area contributed by atoms with Gasteiger partial charge in [-0.2, -0.15) is 0 Å². The van der Waals surface area contributed by atoms with Crippen LogP contribution in [-0.2, 0) is 4.74 Å². The zero-order valence-corrected chi connectivity index (χ0v) is 12.7. The van der Waals surface area contributed by atoms with Gasteiger partial charge in [-0.1, -0.05) is 42.0 Å². The van der Waals surface area contributed by atoms with E-state index in [1.165, 1.54) is 0 Å². The first-order valence-corrected chi connectivity index (χ1v) is 7.74. The number of epoxide rings is 1. The normalized spacial score (nSPS) is 30.2. The molecule has 21 heavy (non-hydrogen) atoms. The molecule has 2 nitrogen and oxygen atoms in total. The van der Waals surface area contributed by atoms with Crippen LogP contribution in [0, 0.1) is 5.92 Å². The van der Waals surface area contributed by atoms with Gasteiger partial charge in [-0.3, -0.25) is 4.99 Å². The van der Waals surface area contributed by atoms with E-state index in [-0.39, 0.29) is 17.4 Å². The molecule has 4 heteroatoms. The number of fused-ring (bicyclic) bond motifs is 1. The Balaban J connectivity index is 1.78. The smallest absolute Gasteiger partial charge is 0.0928 e. The van der Waals surface area contributed by atoms with Crippen molar-refractivity contribution in [1.29, 1.82) is 0 Å². The third-order valence-electron chi connectivity index (χ3n) is 3.89. The summed E-state index contributed by atoms with van der Waals surface area (Å²) >= 11 is 12.1. The quantitative estimate of drug-likeness (QED) is 0.594. The van der Waals surface area contributed by atoms with Crippen LogP contribution >= 0.6 is 23.2 Å². The third kappa shape index (κ3) is 2.59. The second-order valence-corrected chi connectivity index (χ2v) is 6.32. The first-order chi connectivity index (χ1) is 10.2. The Kier molecular flexibility index (Phi) is 3.26. The van der Waals surface area contributed by atoms with Gasteiger partial charge in [0.25, 0.3) is 0 Å². The van der Waals surface area contributed by atoms with Crippen LogP contribution in [0.3, 0.4) is 0 Å². The summed E-state index contributed by atoms with van der Waals surface area (Å²) in [6.45, 7) is 0.794. The number of benzene rings is 1. The van der Waals surface area contributed by atoms with Crippen LogP contribution in [0.2, 0.25) is 5.02 Å². The van der Waals surface area contributed by atoms with E-state index in [2.05, 4.69) is 6.08 Å². The van der Waals surface area contributed by atoms with Crippen molar-refractivity contribution in [2.45, 2.75) is 11.5 Å². The van der Waals surface area contributed by atoms with Gasteiger partial charge in [0.1, 0.15) is 0 Å². The lowest BCUT2D eigenvalue weighted by Gasteiger charge is -2.24. The molecule has 0 radical (unpaired) electrons. The number of halogens is 2. The van der Waals surface area contributed by atoms with Gasteiger partial charge in [0.05, 0.1) is 29.5 Å². The molecule has 3 unspecified atom stereocenters. The number of rotatable bonds is 2. The van der Waals surface area contributed by atoms with Crippen LogP contribution in [0.4, 0.5) is 0 Å². The van der Waals surface area contributed by atoms with Crippen molar-refractivity contribution >= 4 is 28.9 Å². The Labute approximate surface area is 133 Å². The SMILES string of the molecule is Clc1ccc(C2=NC3=CC(Cl)C=CC3=CC2C2CO2)cc1. The summed E-state index contributed by atoms with van der Waals surface area (Å²) < 4.78 is 5.50. The summed E-state index contributed by atoms with van der Waals surface area (Å²) in [5, 5.41) is 0.632. The molecule has 1 saturated heterocycles. The van der Waals surface area contributed by atoms with Crippen LogP contribution in [0.25, 0.3) is 0 Å². The highest BCUT2D eigenvalue weighted by atomic mass is 35.5. The van der Waals surface area contributed by atoms with Crippen molar-refractivity contribution in [2.24, 2.45) is 10.9 Å². The van der Waals surface area contributed by atoms with E-state index in [1.54, 1.807) is 0 Å². The highest BCUT2D eigenvalue weighted by Crippen LogP contribution is 2.35. The molecule has 1 aliphatic carbocycles. The van der Waals surface area contributed by atoms with Gasteiger partial charge in [0.15, 0.2) is 0 Å². The standard InChI is InChI=1S/C17H13Cl2NO/c18-12-4-1-10(2-5-12)17-14(16-9-21-16)7-11-3-6-13(19)8-15(11)20-17/h1-8,13-14,16H,9H2. The van der Waals surface area contributed by atoms with Crippen molar-refractivity contribution in [1.82, 2.24) is 0 Å². The molecule has 0 bridgehead atoms. The van der Waals surface area contributed by atoms with E-state index in [0.717, 1.165) is 34.2 Å². The molecule has 2 aliphatic heterocycles. The summed E-state index contributed by atoms with van der Waals surface area (Å²) in [4.78, 5) is 4.85. The largest absolute Gasteiger partial charge is 0.372 e. The lowest BCUT2D eigenvalue weighted by atomic mass is 9.87. The van der Waals surface area contributed by atoms with Gasteiger partial charge in [0, 0.05) is 10.9 Å².